The van der Waals surface area contributed by atoms with E-state index in [1.807, 2.05) is 36.4 Å². The summed E-state index contributed by atoms with van der Waals surface area (Å²) >= 11 is 6.25. The Labute approximate surface area is 205 Å². The lowest BCUT2D eigenvalue weighted by atomic mass is 10.0. The summed E-state index contributed by atoms with van der Waals surface area (Å²) in [5, 5.41) is 0.214. The second-order valence-electron chi connectivity index (χ2n) is 8.41. The van der Waals surface area contributed by atoms with Crippen molar-refractivity contribution >= 4 is 28.7 Å². The summed E-state index contributed by atoms with van der Waals surface area (Å²) in [5.41, 5.74) is 1.08. The van der Waals surface area contributed by atoms with Crippen LogP contribution in [0.25, 0.3) is 11.2 Å². The van der Waals surface area contributed by atoms with Crippen LogP contribution >= 0.6 is 11.6 Å². The van der Waals surface area contributed by atoms with Crippen LogP contribution in [0.5, 0.6) is 0 Å². The van der Waals surface area contributed by atoms with Gasteiger partial charge < -0.3 is 18.9 Å². The fourth-order valence-corrected chi connectivity index (χ4v) is 4.83. The number of fused-ring (bicyclic) bond motifs is 3. The average molecular weight is 493 g/mol. The predicted octanol–water partition coefficient (Wildman–Crippen LogP) is 3.37. The second kappa shape index (κ2) is 9.01. The number of hydrogen-bond donors (Lipinski definition) is 0. The van der Waals surface area contributed by atoms with Crippen LogP contribution in [0.1, 0.15) is 15.9 Å². The quantitative estimate of drug-likeness (QED) is 0.286. The summed E-state index contributed by atoms with van der Waals surface area (Å²) < 4.78 is 26.4. The maximum absolute atomic E-state index is 12.8. The molecule has 10 heteroatoms. The van der Waals surface area contributed by atoms with Crippen molar-refractivity contribution in [2.45, 2.75) is 30.6 Å². The van der Waals surface area contributed by atoms with Crippen molar-refractivity contribution in [3.8, 4) is 0 Å². The van der Waals surface area contributed by atoms with Gasteiger partial charge in [0.2, 0.25) is 5.72 Å². The molecular weight excluding hydrogens is 472 g/mol. The van der Waals surface area contributed by atoms with Crippen molar-refractivity contribution < 1.29 is 23.7 Å². The monoisotopic (exact) mass is 492 g/mol. The van der Waals surface area contributed by atoms with Crippen LogP contribution in [0.2, 0.25) is 5.15 Å². The van der Waals surface area contributed by atoms with Crippen LogP contribution in [0.15, 0.2) is 73.3 Å². The van der Waals surface area contributed by atoms with E-state index in [-0.39, 0.29) is 24.0 Å². The summed E-state index contributed by atoms with van der Waals surface area (Å²) in [5.74, 6) is -0.477. The molecule has 178 valence electrons. The molecule has 4 heterocycles. The number of carbonyl (C=O) groups excluding carboxylic acids is 1. The van der Waals surface area contributed by atoms with Gasteiger partial charge in [0.15, 0.2) is 10.8 Å². The van der Waals surface area contributed by atoms with Crippen molar-refractivity contribution in [3.63, 3.8) is 0 Å². The van der Waals surface area contributed by atoms with Gasteiger partial charge in [0.05, 0.1) is 25.1 Å². The molecule has 0 amide bonds. The van der Waals surface area contributed by atoms with Crippen LogP contribution in [0.4, 0.5) is 0 Å². The summed E-state index contributed by atoms with van der Waals surface area (Å²) in [7, 11) is 0. The van der Waals surface area contributed by atoms with Crippen LogP contribution in [-0.2, 0) is 31.3 Å². The zero-order valence-corrected chi connectivity index (χ0v) is 19.2. The van der Waals surface area contributed by atoms with E-state index in [0.29, 0.717) is 29.9 Å². The third-order valence-corrected chi connectivity index (χ3v) is 6.58. The Morgan fingerprint density at radius 1 is 1.09 bits per heavy atom. The van der Waals surface area contributed by atoms with Gasteiger partial charge in [-0.2, -0.15) is 0 Å². The number of carbonyl (C=O) groups is 1. The maximum Gasteiger partial charge on any atom is 0.338 e. The Bertz CT molecular complexity index is 1350. The highest BCUT2D eigenvalue weighted by atomic mass is 35.5. The second-order valence-corrected chi connectivity index (χ2v) is 8.77. The molecule has 0 unspecified atom stereocenters. The SMILES string of the molecule is O=C(OC[C@@]1(n2cnc3c(Cl)ncnc32)O[C@H]2CO[C@@H]1[C@H]2OCc1ccccc1)c1ccccc1. The van der Waals surface area contributed by atoms with E-state index in [1.54, 1.807) is 35.2 Å². The number of rotatable bonds is 7. The van der Waals surface area contributed by atoms with E-state index < -0.39 is 17.8 Å². The third kappa shape index (κ3) is 3.86. The molecule has 0 radical (unpaired) electrons. The predicted molar refractivity (Wildman–Crippen MR) is 125 cm³/mol. The van der Waals surface area contributed by atoms with Gasteiger partial charge in [-0.1, -0.05) is 60.1 Å². The highest BCUT2D eigenvalue weighted by Crippen LogP contribution is 2.45. The molecule has 2 aromatic carbocycles. The fraction of sp³-hybridized carbons (Fsp3) is 0.280. The Morgan fingerprint density at radius 2 is 1.86 bits per heavy atom. The minimum atomic E-state index is -1.25. The van der Waals surface area contributed by atoms with E-state index in [9.17, 15) is 4.79 Å². The van der Waals surface area contributed by atoms with Gasteiger partial charge in [0.1, 0.15) is 36.8 Å². The van der Waals surface area contributed by atoms with Crippen molar-refractivity contribution in [3.05, 3.63) is 89.6 Å². The number of nitrogens with zero attached hydrogens (tertiary/aromatic N) is 4. The van der Waals surface area contributed by atoms with Crippen molar-refractivity contribution in [1.82, 2.24) is 19.5 Å². The van der Waals surface area contributed by atoms with E-state index in [2.05, 4.69) is 15.0 Å². The lowest BCUT2D eigenvalue weighted by molar-refractivity contribution is -0.222. The molecule has 4 aromatic rings. The van der Waals surface area contributed by atoms with Gasteiger partial charge in [-0.05, 0) is 17.7 Å². The van der Waals surface area contributed by atoms with Gasteiger partial charge >= 0.3 is 5.97 Å². The largest absolute Gasteiger partial charge is 0.457 e. The fourth-order valence-electron chi connectivity index (χ4n) is 4.65. The molecule has 4 atom stereocenters. The smallest absolute Gasteiger partial charge is 0.338 e. The molecule has 2 saturated heterocycles. The molecule has 0 spiro atoms. The van der Waals surface area contributed by atoms with Gasteiger partial charge in [0.25, 0.3) is 0 Å². The Kier molecular flexibility index (Phi) is 5.69. The van der Waals surface area contributed by atoms with Crippen LogP contribution in [0.3, 0.4) is 0 Å². The van der Waals surface area contributed by atoms with Gasteiger partial charge in [0, 0.05) is 0 Å². The van der Waals surface area contributed by atoms with Crippen molar-refractivity contribution in [2.75, 3.05) is 13.2 Å². The van der Waals surface area contributed by atoms with Gasteiger partial charge in [-0.25, -0.2) is 19.7 Å². The first-order valence-electron chi connectivity index (χ1n) is 11.2. The average Bonchev–Trinajstić information content (AvgIpc) is 3.60. The lowest BCUT2D eigenvalue weighted by Crippen LogP contribution is -2.51. The van der Waals surface area contributed by atoms with Crippen molar-refractivity contribution in [2.24, 2.45) is 0 Å². The van der Waals surface area contributed by atoms with E-state index in [0.717, 1.165) is 5.56 Å². The molecule has 0 aliphatic carbocycles. The molecule has 0 saturated carbocycles. The van der Waals surface area contributed by atoms with E-state index in [4.69, 9.17) is 30.5 Å². The van der Waals surface area contributed by atoms with Crippen LogP contribution in [-0.4, -0.2) is 57.0 Å². The third-order valence-electron chi connectivity index (χ3n) is 6.31. The summed E-state index contributed by atoms with van der Waals surface area (Å²) in [4.78, 5) is 25.6. The molecule has 2 aliphatic heterocycles. The number of ether oxygens (including phenoxy) is 4. The minimum absolute atomic E-state index is 0.139. The van der Waals surface area contributed by atoms with Gasteiger partial charge in [-0.15, -0.1) is 0 Å². The maximum atomic E-state index is 12.8. The highest BCUT2D eigenvalue weighted by molar-refractivity contribution is 6.33. The molecule has 2 fully saturated rings. The molecule has 2 aliphatic rings. The first kappa shape index (κ1) is 22.1. The molecule has 0 N–H and O–H groups in total. The number of benzene rings is 2. The number of esters is 1. The van der Waals surface area contributed by atoms with E-state index in [1.165, 1.54) is 6.33 Å². The lowest BCUT2D eigenvalue weighted by Gasteiger charge is -2.37. The summed E-state index contributed by atoms with van der Waals surface area (Å²) in [6.45, 7) is 0.616. The van der Waals surface area contributed by atoms with Crippen LogP contribution < -0.4 is 0 Å². The molecule has 9 nitrogen and oxygen atoms in total. The molecule has 2 aromatic heterocycles. The topological polar surface area (TPSA) is 97.6 Å². The standard InChI is InChI=1S/C25H21ClN4O5/c26-22-19-23(28-14-27-22)30(15-29-19)25(13-34-24(31)17-9-5-2-6-10-17)21-20(18(35-25)12-33-21)32-11-16-7-3-1-4-8-16/h1-10,14-15,18,20-21H,11-13H2/t18-,20-,21+,25+/m0/s1. The van der Waals surface area contributed by atoms with Crippen LogP contribution in [0, 0.1) is 0 Å². The molecule has 6 rings (SSSR count). The molecular formula is C25H21ClN4O5. The zero-order valence-electron chi connectivity index (χ0n) is 18.5. The normalized spacial score (nSPS) is 25.2. The van der Waals surface area contributed by atoms with Crippen molar-refractivity contribution in [1.29, 1.82) is 0 Å². The first-order chi connectivity index (χ1) is 17.2. The first-order valence-corrected chi connectivity index (χ1v) is 11.5. The summed E-state index contributed by atoms with van der Waals surface area (Å²) in [6.07, 6.45) is 1.57. The summed E-state index contributed by atoms with van der Waals surface area (Å²) in [6, 6.07) is 18.6. The Hall–Kier alpha value is -3.37. The zero-order chi connectivity index (χ0) is 23.8. The number of aromatic nitrogens is 4. The highest BCUT2D eigenvalue weighted by Gasteiger charge is 2.63. The number of hydrogen-bond acceptors (Lipinski definition) is 8. The van der Waals surface area contributed by atoms with Gasteiger partial charge in [-0.3, -0.25) is 4.57 Å². The Balaban J connectivity index is 1.34. The van der Waals surface area contributed by atoms with E-state index >= 15 is 0 Å². The number of imidazole rings is 1. The Morgan fingerprint density at radius 3 is 2.66 bits per heavy atom. The molecule has 35 heavy (non-hydrogen) atoms. The minimum Gasteiger partial charge on any atom is -0.457 e. The molecule has 2 bridgehead atoms. The number of halogens is 1.